The molecule has 3 N–H and O–H groups in total. The maximum absolute atomic E-state index is 13.3. The Kier molecular flexibility index (Phi) is 8.57. The van der Waals surface area contributed by atoms with Gasteiger partial charge in [-0.1, -0.05) is 42.5 Å². The second kappa shape index (κ2) is 12.0. The van der Waals surface area contributed by atoms with Gasteiger partial charge in [-0.25, -0.2) is 4.79 Å². The second-order valence-electron chi connectivity index (χ2n) is 8.88. The number of β-amino-alcohol motifs (C(OH)–C–C–N with tert-alkyl or cyclic N) is 1. The maximum Gasteiger partial charge on any atom is 0.322 e. The number of methoxy groups -OCH3 is 1. The molecule has 2 aromatic carbocycles. The number of amides is 3. The van der Waals surface area contributed by atoms with Crippen LogP contribution in [0, 0.1) is 0 Å². The van der Waals surface area contributed by atoms with Crippen molar-refractivity contribution in [2.45, 2.75) is 50.2 Å². The van der Waals surface area contributed by atoms with Gasteiger partial charge in [-0.15, -0.1) is 0 Å². The number of rotatable bonds is 6. The minimum atomic E-state index is -0.805. The second-order valence-corrected chi connectivity index (χ2v) is 8.88. The highest BCUT2D eigenvalue weighted by molar-refractivity contribution is 5.91. The van der Waals surface area contributed by atoms with Crippen molar-refractivity contribution in [3.63, 3.8) is 0 Å². The minimum absolute atomic E-state index is 0.0785. The molecule has 0 spiro atoms. The number of carbonyl (C=O) groups excluding carboxylic acids is 2. The Balaban J connectivity index is 1.38. The Bertz CT molecular complexity index is 988. The molecule has 2 heterocycles. The highest BCUT2D eigenvalue weighted by Gasteiger charge is 2.40. The van der Waals surface area contributed by atoms with Crippen molar-refractivity contribution in [3.05, 3.63) is 60.2 Å². The van der Waals surface area contributed by atoms with Gasteiger partial charge in [0.1, 0.15) is 11.9 Å². The van der Waals surface area contributed by atoms with Gasteiger partial charge < -0.3 is 34.9 Å². The van der Waals surface area contributed by atoms with Crippen molar-refractivity contribution in [2.24, 2.45) is 0 Å². The van der Waals surface area contributed by atoms with Crippen LogP contribution in [-0.4, -0.2) is 73.2 Å². The number of aliphatic hydroxyl groups excluding tert-OH is 1. The van der Waals surface area contributed by atoms with E-state index in [1.165, 1.54) is 0 Å². The van der Waals surface area contributed by atoms with Crippen LogP contribution in [0.25, 0.3) is 0 Å². The van der Waals surface area contributed by atoms with E-state index in [1.807, 2.05) is 42.5 Å². The summed E-state index contributed by atoms with van der Waals surface area (Å²) >= 11 is 0. The summed E-state index contributed by atoms with van der Waals surface area (Å²) in [6, 6.07) is 16.3. The van der Waals surface area contributed by atoms with Crippen molar-refractivity contribution in [1.29, 1.82) is 0 Å². The topological polar surface area (TPSA) is 109 Å². The van der Waals surface area contributed by atoms with Crippen LogP contribution in [0.4, 0.5) is 10.5 Å². The van der Waals surface area contributed by atoms with Gasteiger partial charge in [0.2, 0.25) is 5.91 Å². The molecule has 4 rings (SSSR count). The number of fused-ring (bicyclic) bond motifs is 1. The molecule has 0 bridgehead atoms. The first-order chi connectivity index (χ1) is 17.0. The summed E-state index contributed by atoms with van der Waals surface area (Å²) < 4.78 is 17.2. The van der Waals surface area contributed by atoms with E-state index in [2.05, 4.69) is 10.6 Å². The van der Waals surface area contributed by atoms with Crippen LogP contribution in [0.3, 0.4) is 0 Å². The number of para-hydroxylation sites is 2. The zero-order valence-corrected chi connectivity index (χ0v) is 19.9. The zero-order chi connectivity index (χ0) is 24.6. The molecule has 0 unspecified atom stereocenters. The van der Waals surface area contributed by atoms with Gasteiger partial charge in [0, 0.05) is 6.54 Å². The molecule has 2 saturated heterocycles. The third-order valence-electron chi connectivity index (χ3n) is 6.34. The molecule has 35 heavy (non-hydrogen) atoms. The number of anilines is 1. The fourth-order valence-electron chi connectivity index (χ4n) is 4.58. The van der Waals surface area contributed by atoms with Crippen LogP contribution in [-0.2, 0) is 20.8 Å². The van der Waals surface area contributed by atoms with Crippen LogP contribution >= 0.6 is 0 Å². The number of benzene rings is 2. The molecule has 9 heteroatoms. The number of aliphatic hydroxyl groups is 1. The lowest BCUT2D eigenvalue weighted by molar-refractivity contribution is -0.149. The predicted molar refractivity (Wildman–Crippen MR) is 130 cm³/mol. The number of ether oxygens (including phenoxy) is 3. The van der Waals surface area contributed by atoms with Crippen molar-refractivity contribution in [2.75, 3.05) is 32.2 Å². The summed E-state index contributed by atoms with van der Waals surface area (Å²) in [6.45, 7) is 0.930. The van der Waals surface area contributed by atoms with E-state index in [4.69, 9.17) is 14.2 Å². The van der Waals surface area contributed by atoms with E-state index in [-0.39, 0.29) is 50.3 Å². The Labute approximate surface area is 205 Å². The number of hydrogen-bond acceptors (Lipinski definition) is 6. The Morgan fingerprint density at radius 2 is 1.86 bits per heavy atom. The molecule has 3 amide bonds. The molecule has 0 saturated carbocycles. The highest BCUT2D eigenvalue weighted by Crippen LogP contribution is 2.29. The first kappa shape index (κ1) is 25.0. The van der Waals surface area contributed by atoms with E-state index in [1.54, 1.807) is 24.1 Å². The molecule has 0 aliphatic carbocycles. The molecule has 0 radical (unpaired) electrons. The van der Waals surface area contributed by atoms with Crippen LogP contribution in [0.2, 0.25) is 0 Å². The van der Waals surface area contributed by atoms with Gasteiger partial charge in [0.25, 0.3) is 0 Å². The average Bonchev–Trinajstić information content (AvgIpc) is 2.86. The monoisotopic (exact) mass is 483 g/mol. The van der Waals surface area contributed by atoms with Crippen LogP contribution < -0.4 is 15.4 Å². The zero-order valence-electron chi connectivity index (χ0n) is 19.9. The van der Waals surface area contributed by atoms with Crippen molar-refractivity contribution >= 4 is 17.6 Å². The Hall–Kier alpha value is -3.14. The normalized spacial score (nSPS) is 24.5. The molecule has 2 fully saturated rings. The summed E-state index contributed by atoms with van der Waals surface area (Å²) in [6.07, 6.45) is 0.0311. The van der Waals surface area contributed by atoms with Gasteiger partial charge in [0.15, 0.2) is 0 Å². The average molecular weight is 484 g/mol. The number of nitrogens with zero attached hydrogens (tertiary/aromatic N) is 1. The SMILES string of the molecule is COc1ccccc1NC(=O)N1C[C@@H](O)COC[C@@H]2O[C@H](CC(=O)NCc3ccccc3)CC[C@H]21. The molecule has 2 aliphatic rings. The van der Waals surface area contributed by atoms with E-state index in [0.29, 0.717) is 30.8 Å². The molecule has 2 aromatic rings. The quantitative estimate of drug-likeness (QED) is 0.583. The molecule has 2 aliphatic heterocycles. The number of urea groups is 1. The molecule has 4 atom stereocenters. The molecular weight excluding hydrogens is 450 g/mol. The fourth-order valence-corrected chi connectivity index (χ4v) is 4.58. The summed E-state index contributed by atoms with van der Waals surface area (Å²) in [4.78, 5) is 27.4. The highest BCUT2D eigenvalue weighted by atomic mass is 16.5. The van der Waals surface area contributed by atoms with Crippen molar-refractivity contribution in [3.8, 4) is 5.75 Å². The number of nitrogens with one attached hydrogen (secondary N) is 2. The lowest BCUT2D eigenvalue weighted by Crippen LogP contribution is -2.58. The van der Waals surface area contributed by atoms with Gasteiger partial charge in [-0.3, -0.25) is 4.79 Å². The van der Waals surface area contributed by atoms with Crippen LogP contribution in [0.1, 0.15) is 24.8 Å². The van der Waals surface area contributed by atoms with Crippen molar-refractivity contribution < 1.29 is 28.9 Å². The first-order valence-corrected chi connectivity index (χ1v) is 12.0. The first-order valence-electron chi connectivity index (χ1n) is 12.0. The predicted octanol–water partition coefficient (Wildman–Crippen LogP) is 2.54. The standard InChI is InChI=1S/C26H33N3O6/c1-33-23-10-6-5-9-21(23)28-26(32)29-15-19(30)16-34-17-24-22(29)12-11-20(35-24)13-25(31)27-14-18-7-3-2-4-8-18/h2-10,19-20,22,24,30H,11-17H2,1H3,(H,27,31)(H,28,32)/t19-,20+,22-,24+/m1/s1. The molecular formula is C26H33N3O6. The lowest BCUT2D eigenvalue weighted by atomic mass is 9.95. The smallest absolute Gasteiger partial charge is 0.322 e. The molecule has 0 aromatic heterocycles. The summed E-state index contributed by atoms with van der Waals surface area (Å²) in [7, 11) is 1.54. The largest absolute Gasteiger partial charge is 0.495 e. The maximum atomic E-state index is 13.3. The van der Waals surface area contributed by atoms with E-state index >= 15 is 0 Å². The van der Waals surface area contributed by atoms with Crippen molar-refractivity contribution in [1.82, 2.24) is 10.2 Å². The summed E-state index contributed by atoms with van der Waals surface area (Å²) in [5.74, 6) is 0.472. The van der Waals surface area contributed by atoms with Gasteiger partial charge >= 0.3 is 6.03 Å². The minimum Gasteiger partial charge on any atom is -0.495 e. The van der Waals surface area contributed by atoms with Gasteiger partial charge in [-0.05, 0) is 30.5 Å². The Morgan fingerprint density at radius 1 is 1.09 bits per heavy atom. The summed E-state index contributed by atoms with van der Waals surface area (Å²) in [5.41, 5.74) is 1.59. The van der Waals surface area contributed by atoms with Crippen LogP contribution in [0.5, 0.6) is 5.75 Å². The fraction of sp³-hybridized carbons (Fsp3) is 0.462. The summed E-state index contributed by atoms with van der Waals surface area (Å²) in [5, 5.41) is 16.2. The van der Waals surface area contributed by atoms with E-state index in [9.17, 15) is 14.7 Å². The number of hydrogen-bond donors (Lipinski definition) is 3. The molecule has 9 nitrogen and oxygen atoms in total. The Morgan fingerprint density at radius 3 is 2.66 bits per heavy atom. The van der Waals surface area contributed by atoms with Gasteiger partial charge in [-0.2, -0.15) is 0 Å². The number of carbonyl (C=O) groups is 2. The molecule has 188 valence electrons. The third kappa shape index (κ3) is 6.72. The van der Waals surface area contributed by atoms with E-state index < -0.39 is 12.2 Å². The van der Waals surface area contributed by atoms with Crippen LogP contribution in [0.15, 0.2) is 54.6 Å². The van der Waals surface area contributed by atoms with E-state index in [0.717, 1.165) is 5.56 Å². The van der Waals surface area contributed by atoms with Gasteiger partial charge in [0.05, 0.1) is 57.2 Å². The third-order valence-corrected chi connectivity index (χ3v) is 6.34. The lowest BCUT2D eigenvalue weighted by Gasteiger charge is -2.44.